The van der Waals surface area contributed by atoms with E-state index in [-0.39, 0.29) is 25.2 Å². The smallest absolute Gasteiger partial charge is 0.308 e. The molecule has 1 fully saturated rings. The lowest BCUT2D eigenvalue weighted by Crippen LogP contribution is -2.40. The van der Waals surface area contributed by atoms with Gasteiger partial charge in [0.1, 0.15) is 49.0 Å². The molecule has 1 saturated heterocycles. The Balaban J connectivity index is 1.58. The van der Waals surface area contributed by atoms with Gasteiger partial charge in [-0.1, -0.05) is 54.6 Å². The summed E-state index contributed by atoms with van der Waals surface area (Å²) in [4.78, 5) is 22.9. The van der Waals surface area contributed by atoms with Crippen LogP contribution in [0.1, 0.15) is 36.5 Å². The molecule has 9 nitrogen and oxygen atoms in total. The summed E-state index contributed by atoms with van der Waals surface area (Å²) in [6.45, 7) is 0.905. The van der Waals surface area contributed by atoms with Gasteiger partial charge < -0.3 is 38.3 Å². The van der Waals surface area contributed by atoms with E-state index < -0.39 is 42.7 Å². The molecule has 0 aliphatic carbocycles. The number of aliphatic hydroxyl groups excluding tert-OH is 1. The van der Waals surface area contributed by atoms with Crippen LogP contribution < -0.4 is 9.47 Å². The molecule has 220 valence electrons. The van der Waals surface area contributed by atoms with Crippen LogP contribution in [0.2, 0.25) is 0 Å². The second-order valence-corrected chi connectivity index (χ2v) is 9.91. The third-order valence-corrected chi connectivity index (χ3v) is 7.17. The first-order chi connectivity index (χ1) is 20.3. The molecule has 4 rings (SSSR count). The number of hydrogen-bond donors (Lipinski definition) is 1. The minimum absolute atomic E-state index is 0.0524. The lowest BCUT2D eigenvalue weighted by molar-refractivity contribution is -0.166. The normalized spacial score (nSPS) is 20.2. The molecule has 0 aromatic heterocycles. The molecular weight excluding hydrogens is 539 g/mol. The molecule has 0 amide bonds. The van der Waals surface area contributed by atoms with Crippen molar-refractivity contribution in [1.82, 2.24) is 0 Å². The standard InChI is InChI=1S/C32H35BO9/c1-21(34)9-18-28(35)39-20-40-30-29(36)27(42-31(30)33)19-41-32(22-7-5-4-6-8-22,23-10-14-25(37-2)15-11-23)24-12-16-26(38-3)17-13-24/h4-8,10-17,27,29-31,36H,9,18-20H2,1-3H3/t27-,29?,30+,31-/m1/s1. The van der Waals surface area contributed by atoms with E-state index >= 15 is 0 Å². The van der Waals surface area contributed by atoms with Crippen LogP contribution in [0.5, 0.6) is 11.5 Å². The Morgan fingerprint density at radius 2 is 1.40 bits per heavy atom. The predicted octanol–water partition coefficient (Wildman–Crippen LogP) is 3.52. The van der Waals surface area contributed by atoms with Gasteiger partial charge in [0.25, 0.3) is 0 Å². The van der Waals surface area contributed by atoms with Crippen molar-refractivity contribution in [3.8, 4) is 11.5 Å². The van der Waals surface area contributed by atoms with Gasteiger partial charge in [-0.2, -0.15) is 0 Å². The average Bonchev–Trinajstić information content (AvgIpc) is 3.29. The van der Waals surface area contributed by atoms with Crippen LogP contribution >= 0.6 is 0 Å². The summed E-state index contributed by atoms with van der Waals surface area (Å²) in [6, 6.07) is 23.9. The summed E-state index contributed by atoms with van der Waals surface area (Å²) in [5, 5.41) is 11.1. The lowest BCUT2D eigenvalue weighted by Gasteiger charge is -2.37. The molecule has 0 saturated carbocycles. The third-order valence-electron chi connectivity index (χ3n) is 7.17. The van der Waals surface area contributed by atoms with Gasteiger partial charge in [-0.3, -0.25) is 4.79 Å². The molecule has 0 spiro atoms. The number of esters is 1. The third kappa shape index (κ3) is 7.20. The Morgan fingerprint density at radius 1 is 0.857 bits per heavy atom. The van der Waals surface area contributed by atoms with E-state index in [1.54, 1.807) is 14.2 Å². The van der Waals surface area contributed by atoms with Crippen LogP contribution in [-0.2, 0) is 34.1 Å². The molecule has 0 bridgehead atoms. The predicted molar refractivity (Wildman–Crippen MR) is 154 cm³/mol. The van der Waals surface area contributed by atoms with Gasteiger partial charge in [-0.25, -0.2) is 0 Å². The monoisotopic (exact) mass is 574 g/mol. The highest BCUT2D eigenvalue weighted by Crippen LogP contribution is 2.42. The zero-order valence-electron chi connectivity index (χ0n) is 23.9. The summed E-state index contributed by atoms with van der Waals surface area (Å²) in [7, 11) is 9.34. The van der Waals surface area contributed by atoms with E-state index in [4.69, 9.17) is 36.3 Å². The molecular formula is C32H35BO9. The summed E-state index contributed by atoms with van der Waals surface area (Å²) in [5.41, 5.74) is 1.38. The van der Waals surface area contributed by atoms with E-state index in [1.807, 2.05) is 78.9 Å². The summed E-state index contributed by atoms with van der Waals surface area (Å²) in [5.74, 6) is 0.683. The molecule has 42 heavy (non-hydrogen) atoms. The molecule has 10 heteroatoms. The van der Waals surface area contributed by atoms with Crippen molar-refractivity contribution in [1.29, 1.82) is 0 Å². The van der Waals surface area contributed by atoms with Gasteiger partial charge >= 0.3 is 5.97 Å². The van der Waals surface area contributed by atoms with Gasteiger partial charge in [0, 0.05) is 12.4 Å². The molecule has 2 radical (unpaired) electrons. The summed E-state index contributed by atoms with van der Waals surface area (Å²) >= 11 is 0. The van der Waals surface area contributed by atoms with E-state index in [9.17, 15) is 14.7 Å². The second-order valence-electron chi connectivity index (χ2n) is 9.91. The first kappa shape index (κ1) is 31.2. The van der Waals surface area contributed by atoms with Crippen molar-refractivity contribution in [3.63, 3.8) is 0 Å². The van der Waals surface area contributed by atoms with Gasteiger partial charge in [0.15, 0.2) is 6.79 Å². The number of carbonyl (C=O) groups is 2. The summed E-state index contributed by atoms with van der Waals surface area (Å²) < 4.78 is 34.0. The molecule has 1 aliphatic heterocycles. The molecule has 1 N–H and O–H groups in total. The molecule has 3 aromatic rings. The van der Waals surface area contributed by atoms with Crippen molar-refractivity contribution in [2.45, 2.75) is 49.7 Å². The van der Waals surface area contributed by atoms with Crippen LogP contribution in [-0.4, -0.2) is 76.6 Å². The Kier molecular flexibility index (Phi) is 10.8. The molecule has 1 aliphatic rings. The molecule has 1 unspecified atom stereocenters. The fraction of sp³-hybridized carbons (Fsp3) is 0.375. The number of methoxy groups -OCH3 is 2. The minimum Gasteiger partial charge on any atom is -0.497 e. The van der Waals surface area contributed by atoms with Crippen molar-refractivity contribution < 1.29 is 43.1 Å². The van der Waals surface area contributed by atoms with Crippen molar-refractivity contribution >= 4 is 19.6 Å². The van der Waals surface area contributed by atoms with Gasteiger partial charge in [0.2, 0.25) is 0 Å². The topological polar surface area (TPSA) is 110 Å². The highest BCUT2D eigenvalue weighted by Gasteiger charge is 2.45. The molecule has 1 heterocycles. The highest BCUT2D eigenvalue weighted by molar-refractivity contribution is 6.11. The van der Waals surface area contributed by atoms with Crippen LogP contribution in [0.15, 0.2) is 78.9 Å². The Hall–Kier alpha value is -3.70. The Bertz CT molecular complexity index is 1250. The zero-order valence-corrected chi connectivity index (χ0v) is 23.9. The number of carbonyl (C=O) groups excluding carboxylic acids is 2. The SMILES string of the molecule is [B][C@@H]1O[C@H](COC(c2ccccc2)(c2ccc(OC)cc2)c2ccc(OC)cc2)C(O)[C@@H]1OCOC(=O)CCC(C)=O. The second kappa shape index (κ2) is 14.5. The Labute approximate surface area is 247 Å². The van der Waals surface area contributed by atoms with E-state index in [2.05, 4.69) is 0 Å². The molecule has 4 atom stereocenters. The van der Waals surface area contributed by atoms with E-state index in [0.717, 1.165) is 16.7 Å². The number of Topliss-reactive ketones (excluding diaryl/α,β-unsaturated/α-hetero) is 1. The number of ether oxygens (including phenoxy) is 6. The quantitative estimate of drug-likeness (QED) is 0.134. The summed E-state index contributed by atoms with van der Waals surface area (Å²) in [6.07, 6.45) is -2.96. The van der Waals surface area contributed by atoms with Crippen molar-refractivity contribution in [2.75, 3.05) is 27.6 Å². The fourth-order valence-electron chi connectivity index (χ4n) is 4.91. The van der Waals surface area contributed by atoms with Gasteiger partial charge in [0.05, 0.1) is 27.2 Å². The van der Waals surface area contributed by atoms with Crippen LogP contribution in [0, 0.1) is 0 Å². The number of rotatable bonds is 14. The largest absolute Gasteiger partial charge is 0.497 e. The maximum Gasteiger partial charge on any atom is 0.308 e. The first-order valence-corrected chi connectivity index (χ1v) is 13.6. The molecule has 3 aromatic carbocycles. The van der Waals surface area contributed by atoms with Gasteiger partial charge in [-0.15, -0.1) is 0 Å². The van der Waals surface area contributed by atoms with Crippen LogP contribution in [0.25, 0.3) is 0 Å². The average molecular weight is 574 g/mol. The first-order valence-electron chi connectivity index (χ1n) is 13.6. The van der Waals surface area contributed by atoms with E-state index in [0.29, 0.717) is 11.5 Å². The van der Waals surface area contributed by atoms with Crippen molar-refractivity contribution in [3.05, 3.63) is 95.6 Å². The fourth-order valence-corrected chi connectivity index (χ4v) is 4.91. The number of ketones is 1. The zero-order chi connectivity index (χ0) is 30.1. The minimum atomic E-state index is -1.17. The lowest BCUT2D eigenvalue weighted by atomic mass is 9.80. The highest BCUT2D eigenvalue weighted by atomic mass is 16.7. The number of aliphatic hydroxyl groups is 1. The Morgan fingerprint density at radius 3 is 1.93 bits per heavy atom. The van der Waals surface area contributed by atoms with Crippen molar-refractivity contribution in [2.24, 2.45) is 0 Å². The van der Waals surface area contributed by atoms with Crippen LogP contribution in [0.4, 0.5) is 0 Å². The number of benzene rings is 3. The maximum atomic E-state index is 11.8. The van der Waals surface area contributed by atoms with E-state index in [1.165, 1.54) is 6.92 Å². The number of hydrogen-bond acceptors (Lipinski definition) is 9. The maximum absolute atomic E-state index is 11.8. The van der Waals surface area contributed by atoms with Gasteiger partial charge in [-0.05, 0) is 47.9 Å². The van der Waals surface area contributed by atoms with Crippen LogP contribution in [0.3, 0.4) is 0 Å².